The van der Waals surface area contributed by atoms with Gasteiger partial charge in [0.1, 0.15) is 0 Å². The van der Waals surface area contributed by atoms with Crippen molar-refractivity contribution in [2.75, 3.05) is 0 Å². The Kier molecular flexibility index (Phi) is 3.54. The Hall–Kier alpha value is -2.40. The Morgan fingerprint density at radius 3 is 2.44 bits per heavy atom. The highest BCUT2D eigenvalue weighted by Crippen LogP contribution is 2.21. The van der Waals surface area contributed by atoms with Crippen molar-refractivity contribution in [2.45, 2.75) is 13.3 Å². The lowest BCUT2D eigenvalue weighted by Crippen LogP contribution is -1.96. The van der Waals surface area contributed by atoms with Gasteiger partial charge in [-0.3, -0.25) is 4.79 Å². The second-order valence-electron chi connectivity index (χ2n) is 4.05. The maximum Gasteiger partial charge on any atom is 0.162 e. The van der Waals surface area contributed by atoms with Crippen LogP contribution in [0, 0.1) is 11.3 Å². The summed E-state index contributed by atoms with van der Waals surface area (Å²) in [7, 11) is 0. The van der Waals surface area contributed by atoms with Crippen LogP contribution in [-0.2, 0) is 0 Å². The third kappa shape index (κ3) is 2.46. The van der Waals surface area contributed by atoms with E-state index in [4.69, 9.17) is 5.26 Å². The van der Waals surface area contributed by atoms with Crippen LogP contribution < -0.4 is 0 Å². The van der Waals surface area contributed by atoms with Crippen LogP contribution in [0.25, 0.3) is 11.1 Å². The van der Waals surface area contributed by atoms with Crippen molar-refractivity contribution in [1.29, 1.82) is 5.26 Å². The van der Waals surface area contributed by atoms with E-state index in [1.54, 1.807) is 12.1 Å². The summed E-state index contributed by atoms with van der Waals surface area (Å²) in [5.74, 6) is 0.144. The maximum absolute atomic E-state index is 11.7. The lowest BCUT2D eigenvalue weighted by atomic mass is 10.00. The quantitative estimate of drug-likeness (QED) is 0.759. The Bertz CT molecular complexity index is 606. The molecule has 2 aromatic rings. The molecule has 0 bridgehead atoms. The van der Waals surface area contributed by atoms with Crippen LogP contribution in [0.3, 0.4) is 0 Å². The summed E-state index contributed by atoms with van der Waals surface area (Å²) in [4.78, 5) is 11.7. The molecule has 2 rings (SSSR count). The van der Waals surface area contributed by atoms with Gasteiger partial charge in [-0.15, -0.1) is 0 Å². The molecule has 0 saturated heterocycles. The number of carbonyl (C=O) groups excluding carboxylic acids is 1. The predicted octanol–water partition coefficient (Wildman–Crippen LogP) is 3.82. The maximum atomic E-state index is 11.7. The number of hydrogen-bond donors (Lipinski definition) is 0. The zero-order valence-electron chi connectivity index (χ0n) is 10.2. The third-order valence-corrected chi connectivity index (χ3v) is 2.85. The van der Waals surface area contributed by atoms with Gasteiger partial charge in [-0.05, 0) is 29.3 Å². The van der Waals surface area contributed by atoms with E-state index >= 15 is 0 Å². The van der Waals surface area contributed by atoms with Crippen molar-refractivity contribution < 1.29 is 4.79 Å². The van der Waals surface area contributed by atoms with Gasteiger partial charge in [0.15, 0.2) is 5.78 Å². The fourth-order valence-corrected chi connectivity index (χ4v) is 1.81. The van der Waals surface area contributed by atoms with E-state index in [1.165, 1.54) is 0 Å². The van der Waals surface area contributed by atoms with Crippen LogP contribution in [0.2, 0.25) is 0 Å². The first-order chi connectivity index (χ1) is 8.74. The van der Waals surface area contributed by atoms with Crippen molar-refractivity contribution in [1.82, 2.24) is 0 Å². The monoisotopic (exact) mass is 235 g/mol. The third-order valence-electron chi connectivity index (χ3n) is 2.85. The summed E-state index contributed by atoms with van der Waals surface area (Å²) >= 11 is 0. The standard InChI is InChI=1S/C16H13NO/c1-2-16(18)15-5-3-4-14(10-15)13-8-6-12(11-17)7-9-13/h3-10H,2H2,1H3. The topological polar surface area (TPSA) is 40.9 Å². The van der Waals surface area contributed by atoms with E-state index in [2.05, 4.69) is 6.07 Å². The van der Waals surface area contributed by atoms with Crippen LogP contribution in [-0.4, -0.2) is 5.78 Å². The lowest BCUT2D eigenvalue weighted by Gasteiger charge is -2.04. The van der Waals surface area contributed by atoms with Gasteiger partial charge in [-0.2, -0.15) is 5.26 Å². The first-order valence-electron chi connectivity index (χ1n) is 5.88. The van der Waals surface area contributed by atoms with Crippen LogP contribution in [0.5, 0.6) is 0 Å². The molecule has 2 heteroatoms. The highest BCUT2D eigenvalue weighted by atomic mass is 16.1. The van der Waals surface area contributed by atoms with Gasteiger partial charge >= 0.3 is 0 Å². The fraction of sp³-hybridized carbons (Fsp3) is 0.125. The summed E-state index contributed by atoms with van der Waals surface area (Å²) in [6, 6.07) is 17.0. The lowest BCUT2D eigenvalue weighted by molar-refractivity contribution is 0.0988. The Balaban J connectivity index is 2.38. The minimum atomic E-state index is 0.144. The summed E-state index contributed by atoms with van der Waals surface area (Å²) in [6.45, 7) is 1.86. The minimum absolute atomic E-state index is 0.144. The highest BCUT2D eigenvalue weighted by Gasteiger charge is 2.04. The number of carbonyl (C=O) groups is 1. The molecule has 0 fully saturated rings. The molecule has 0 saturated carbocycles. The van der Waals surface area contributed by atoms with E-state index in [0.29, 0.717) is 12.0 Å². The second-order valence-corrected chi connectivity index (χ2v) is 4.05. The summed E-state index contributed by atoms with van der Waals surface area (Å²) < 4.78 is 0. The smallest absolute Gasteiger partial charge is 0.162 e. The molecule has 0 radical (unpaired) electrons. The van der Waals surface area contributed by atoms with Crippen molar-refractivity contribution in [3.05, 3.63) is 59.7 Å². The molecule has 0 heterocycles. The molecular weight excluding hydrogens is 222 g/mol. The summed E-state index contributed by atoms with van der Waals surface area (Å²) in [5.41, 5.74) is 3.39. The molecule has 88 valence electrons. The van der Waals surface area contributed by atoms with Gasteiger partial charge in [0, 0.05) is 12.0 Å². The zero-order valence-corrected chi connectivity index (χ0v) is 10.2. The highest BCUT2D eigenvalue weighted by molar-refractivity contribution is 5.97. The number of hydrogen-bond acceptors (Lipinski definition) is 2. The number of nitrogens with zero attached hydrogens (tertiary/aromatic N) is 1. The van der Waals surface area contributed by atoms with E-state index in [-0.39, 0.29) is 5.78 Å². The van der Waals surface area contributed by atoms with Crippen LogP contribution in [0.4, 0.5) is 0 Å². The van der Waals surface area contributed by atoms with Crippen LogP contribution >= 0.6 is 0 Å². The molecule has 0 atom stereocenters. The molecule has 0 aliphatic rings. The van der Waals surface area contributed by atoms with Crippen LogP contribution in [0.15, 0.2) is 48.5 Å². The Labute approximate surface area is 107 Å². The molecule has 0 aromatic heterocycles. The van der Waals surface area contributed by atoms with Crippen LogP contribution in [0.1, 0.15) is 29.3 Å². The molecule has 0 N–H and O–H groups in total. The minimum Gasteiger partial charge on any atom is -0.294 e. The van der Waals surface area contributed by atoms with Crippen molar-refractivity contribution in [3.63, 3.8) is 0 Å². The Morgan fingerprint density at radius 1 is 1.11 bits per heavy atom. The first kappa shape index (κ1) is 12.1. The average Bonchev–Trinajstić information content (AvgIpc) is 2.46. The molecule has 18 heavy (non-hydrogen) atoms. The van der Waals surface area contributed by atoms with Gasteiger partial charge in [0.2, 0.25) is 0 Å². The van der Waals surface area contributed by atoms with Crippen molar-refractivity contribution in [3.8, 4) is 17.2 Å². The average molecular weight is 235 g/mol. The van der Waals surface area contributed by atoms with E-state index in [1.807, 2.05) is 43.3 Å². The SMILES string of the molecule is CCC(=O)c1cccc(-c2ccc(C#N)cc2)c1. The number of Topliss-reactive ketones (excluding diaryl/α,β-unsaturated/α-hetero) is 1. The molecule has 2 aromatic carbocycles. The molecule has 0 aliphatic heterocycles. The van der Waals surface area contributed by atoms with Gasteiger partial charge in [-0.1, -0.05) is 37.3 Å². The normalized spacial score (nSPS) is 9.78. The largest absolute Gasteiger partial charge is 0.294 e. The Morgan fingerprint density at radius 2 is 1.83 bits per heavy atom. The van der Waals surface area contributed by atoms with Crippen molar-refractivity contribution >= 4 is 5.78 Å². The number of nitriles is 1. The molecule has 0 amide bonds. The molecule has 0 unspecified atom stereocenters. The fourth-order valence-electron chi connectivity index (χ4n) is 1.81. The van der Waals surface area contributed by atoms with Gasteiger partial charge in [-0.25, -0.2) is 0 Å². The number of benzene rings is 2. The van der Waals surface area contributed by atoms with Gasteiger partial charge in [0.05, 0.1) is 11.6 Å². The first-order valence-corrected chi connectivity index (χ1v) is 5.88. The van der Waals surface area contributed by atoms with Gasteiger partial charge < -0.3 is 0 Å². The molecule has 0 aliphatic carbocycles. The molecule has 2 nitrogen and oxygen atoms in total. The molecule has 0 spiro atoms. The second kappa shape index (κ2) is 5.29. The molecular formula is C16H13NO. The van der Waals surface area contributed by atoms with E-state index in [9.17, 15) is 4.79 Å². The van der Waals surface area contributed by atoms with Gasteiger partial charge in [0.25, 0.3) is 0 Å². The van der Waals surface area contributed by atoms with Crippen molar-refractivity contribution in [2.24, 2.45) is 0 Å². The van der Waals surface area contributed by atoms with E-state index in [0.717, 1.165) is 16.7 Å². The number of rotatable bonds is 3. The summed E-state index contributed by atoms with van der Waals surface area (Å²) in [6.07, 6.45) is 0.511. The zero-order chi connectivity index (χ0) is 13.0. The van der Waals surface area contributed by atoms with E-state index < -0.39 is 0 Å². The predicted molar refractivity (Wildman–Crippen MR) is 71.2 cm³/mol. The summed E-state index contributed by atoms with van der Waals surface area (Å²) in [5, 5.41) is 8.75. The number of ketones is 1.